The quantitative estimate of drug-likeness (QED) is 0.783. The Bertz CT molecular complexity index is 533. The topological polar surface area (TPSA) is 26.3 Å². The Kier molecular flexibility index (Phi) is 4.24. The number of ketones is 1. The van der Waals surface area contributed by atoms with Crippen molar-refractivity contribution in [1.82, 2.24) is 0 Å². The number of ether oxygens (including phenoxy) is 1. The minimum Gasteiger partial charge on any atom is -0.485 e. The van der Waals surface area contributed by atoms with Gasteiger partial charge in [-0.15, -0.1) is 0 Å². The Balaban J connectivity index is 2.02. The molecule has 92 valence electrons. The lowest BCUT2D eigenvalue weighted by Gasteiger charge is -2.06. The first-order chi connectivity index (χ1) is 8.65. The van der Waals surface area contributed by atoms with Crippen LogP contribution in [0.3, 0.4) is 0 Å². The summed E-state index contributed by atoms with van der Waals surface area (Å²) in [5.41, 5.74) is 0.616. The van der Waals surface area contributed by atoms with Crippen LogP contribution in [0, 0.1) is 0 Å². The van der Waals surface area contributed by atoms with E-state index in [4.69, 9.17) is 27.9 Å². The summed E-state index contributed by atoms with van der Waals surface area (Å²) in [6, 6.07) is 13.8. The molecule has 0 bridgehead atoms. The van der Waals surface area contributed by atoms with E-state index in [0.717, 1.165) is 0 Å². The monoisotopic (exact) mass is 280 g/mol. The molecule has 2 aromatic rings. The molecule has 0 saturated heterocycles. The normalized spacial score (nSPS) is 10.1. The minimum absolute atomic E-state index is 0.0410. The highest BCUT2D eigenvalue weighted by molar-refractivity contribution is 6.34. The predicted octanol–water partition coefficient (Wildman–Crippen LogP) is 4.26. The van der Waals surface area contributed by atoms with Gasteiger partial charge in [-0.3, -0.25) is 4.79 Å². The molecule has 0 unspecified atom stereocenters. The van der Waals surface area contributed by atoms with Crippen LogP contribution in [0.2, 0.25) is 10.0 Å². The summed E-state index contributed by atoms with van der Waals surface area (Å²) in [5.74, 6) is 0.392. The van der Waals surface area contributed by atoms with Gasteiger partial charge in [0.25, 0.3) is 0 Å². The van der Waals surface area contributed by atoms with E-state index in [2.05, 4.69) is 0 Å². The van der Waals surface area contributed by atoms with Gasteiger partial charge in [-0.2, -0.15) is 0 Å². The van der Waals surface area contributed by atoms with Gasteiger partial charge in [-0.25, -0.2) is 0 Å². The van der Waals surface area contributed by atoms with Crippen LogP contribution in [0.1, 0.15) is 10.4 Å². The molecular weight excluding hydrogens is 271 g/mol. The molecule has 0 aromatic heterocycles. The van der Waals surface area contributed by atoms with Crippen molar-refractivity contribution >= 4 is 29.0 Å². The molecule has 0 fully saturated rings. The Hall–Kier alpha value is -1.51. The molecule has 0 radical (unpaired) electrons. The van der Waals surface area contributed by atoms with Crippen LogP contribution in [0.5, 0.6) is 5.75 Å². The van der Waals surface area contributed by atoms with Gasteiger partial charge >= 0.3 is 0 Å². The highest BCUT2D eigenvalue weighted by Gasteiger charge is 2.06. The lowest BCUT2D eigenvalue weighted by molar-refractivity contribution is 0.0921. The van der Waals surface area contributed by atoms with Gasteiger partial charge in [0.1, 0.15) is 5.75 Å². The van der Waals surface area contributed by atoms with Crippen LogP contribution in [0.25, 0.3) is 0 Å². The van der Waals surface area contributed by atoms with Crippen LogP contribution < -0.4 is 4.74 Å². The predicted molar refractivity (Wildman–Crippen MR) is 72.7 cm³/mol. The molecule has 0 aliphatic carbocycles. The van der Waals surface area contributed by atoms with E-state index in [1.165, 1.54) is 0 Å². The van der Waals surface area contributed by atoms with Crippen LogP contribution >= 0.6 is 23.2 Å². The highest BCUT2D eigenvalue weighted by atomic mass is 35.5. The molecule has 4 heteroatoms. The fourth-order valence-corrected chi connectivity index (χ4v) is 1.97. The third-order valence-corrected chi connectivity index (χ3v) is 2.74. The van der Waals surface area contributed by atoms with Crippen molar-refractivity contribution < 1.29 is 9.53 Å². The summed E-state index contributed by atoms with van der Waals surface area (Å²) < 4.78 is 5.37. The van der Waals surface area contributed by atoms with Crippen molar-refractivity contribution in [2.75, 3.05) is 6.61 Å². The molecular formula is C14H10Cl2O2. The second kappa shape index (κ2) is 5.89. The maximum Gasteiger partial charge on any atom is 0.200 e. The largest absolute Gasteiger partial charge is 0.485 e. The molecule has 2 rings (SSSR count). The molecule has 2 aromatic carbocycles. The van der Waals surface area contributed by atoms with E-state index in [0.29, 0.717) is 21.4 Å². The molecule has 18 heavy (non-hydrogen) atoms. The number of halogens is 2. The highest BCUT2D eigenvalue weighted by Crippen LogP contribution is 2.24. The smallest absolute Gasteiger partial charge is 0.200 e. The Morgan fingerprint density at radius 1 is 1.00 bits per heavy atom. The molecule has 0 amide bonds. The summed E-state index contributed by atoms with van der Waals surface area (Å²) in [5, 5.41) is 0.953. The Morgan fingerprint density at radius 2 is 1.61 bits per heavy atom. The fraction of sp³-hybridized carbons (Fsp3) is 0.0714. The van der Waals surface area contributed by atoms with Crippen molar-refractivity contribution in [3.63, 3.8) is 0 Å². The first kappa shape index (κ1) is 12.9. The number of benzene rings is 2. The lowest BCUT2D eigenvalue weighted by Crippen LogP contribution is -2.11. The zero-order valence-electron chi connectivity index (χ0n) is 9.40. The zero-order chi connectivity index (χ0) is 13.0. The van der Waals surface area contributed by atoms with Gasteiger partial charge in [0.2, 0.25) is 0 Å². The van der Waals surface area contributed by atoms with Crippen molar-refractivity contribution in [1.29, 1.82) is 0 Å². The van der Waals surface area contributed by atoms with Gasteiger partial charge in [-0.1, -0.05) is 53.5 Å². The van der Waals surface area contributed by atoms with Crippen LogP contribution in [-0.4, -0.2) is 12.4 Å². The average Bonchev–Trinajstić information content (AvgIpc) is 2.36. The van der Waals surface area contributed by atoms with Crippen molar-refractivity contribution in [3.05, 3.63) is 64.1 Å². The summed E-state index contributed by atoms with van der Waals surface area (Å²) in [6.07, 6.45) is 0. The van der Waals surface area contributed by atoms with E-state index in [1.54, 1.807) is 30.3 Å². The van der Waals surface area contributed by atoms with Crippen LogP contribution in [0.15, 0.2) is 48.5 Å². The standard InChI is InChI=1S/C14H10Cl2O2/c15-11-6-12(16)8-13(7-11)18-9-14(17)10-4-2-1-3-5-10/h1-8H,9H2. The van der Waals surface area contributed by atoms with Crippen LogP contribution in [-0.2, 0) is 0 Å². The third-order valence-electron chi connectivity index (χ3n) is 2.30. The molecule has 0 atom stereocenters. The van der Waals surface area contributed by atoms with E-state index >= 15 is 0 Å². The van der Waals surface area contributed by atoms with Crippen LogP contribution in [0.4, 0.5) is 0 Å². The fourth-order valence-electron chi connectivity index (χ4n) is 1.47. The molecule has 2 nitrogen and oxygen atoms in total. The summed E-state index contributed by atoms with van der Waals surface area (Å²) in [4.78, 5) is 11.8. The van der Waals surface area contributed by atoms with Crippen molar-refractivity contribution in [3.8, 4) is 5.75 Å². The van der Waals surface area contributed by atoms with E-state index in [9.17, 15) is 4.79 Å². The maximum absolute atomic E-state index is 11.8. The first-order valence-electron chi connectivity index (χ1n) is 5.32. The number of hydrogen-bond donors (Lipinski definition) is 0. The molecule has 0 spiro atoms. The van der Waals surface area contributed by atoms with E-state index in [1.807, 2.05) is 18.2 Å². The molecule has 0 saturated carbocycles. The number of rotatable bonds is 4. The summed E-state index contributed by atoms with van der Waals surface area (Å²) >= 11 is 11.7. The number of carbonyl (C=O) groups is 1. The molecule has 0 N–H and O–H groups in total. The van der Waals surface area contributed by atoms with Gasteiger partial charge in [-0.05, 0) is 18.2 Å². The van der Waals surface area contributed by atoms with E-state index in [-0.39, 0.29) is 12.4 Å². The Labute approximate surface area is 115 Å². The first-order valence-corrected chi connectivity index (χ1v) is 6.08. The van der Waals surface area contributed by atoms with Gasteiger partial charge in [0, 0.05) is 15.6 Å². The van der Waals surface area contributed by atoms with Crippen molar-refractivity contribution in [2.45, 2.75) is 0 Å². The average molecular weight is 281 g/mol. The zero-order valence-corrected chi connectivity index (χ0v) is 10.9. The minimum atomic E-state index is -0.0910. The molecule has 0 aliphatic heterocycles. The second-order valence-electron chi connectivity index (χ2n) is 3.68. The van der Waals surface area contributed by atoms with Gasteiger partial charge in [0.05, 0.1) is 0 Å². The lowest BCUT2D eigenvalue weighted by atomic mass is 10.1. The van der Waals surface area contributed by atoms with Gasteiger partial charge < -0.3 is 4.74 Å². The SMILES string of the molecule is O=C(COc1cc(Cl)cc(Cl)c1)c1ccccc1. The number of carbonyl (C=O) groups excluding carboxylic acids is 1. The second-order valence-corrected chi connectivity index (χ2v) is 4.56. The van der Waals surface area contributed by atoms with E-state index < -0.39 is 0 Å². The third kappa shape index (κ3) is 3.49. The number of Topliss-reactive ketones (excluding diaryl/α,β-unsaturated/α-hetero) is 1. The van der Waals surface area contributed by atoms with Gasteiger partial charge in [0.15, 0.2) is 12.4 Å². The molecule has 0 heterocycles. The molecule has 0 aliphatic rings. The Morgan fingerprint density at radius 3 is 2.22 bits per heavy atom. The summed E-state index contributed by atoms with van der Waals surface area (Å²) in [6.45, 7) is -0.0410. The maximum atomic E-state index is 11.8. The summed E-state index contributed by atoms with van der Waals surface area (Å²) in [7, 11) is 0. The van der Waals surface area contributed by atoms with Crippen molar-refractivity contribution in [2.24, 2.45) is 0 Å². The number of hydrogen-bond acceptors (Lipinski definition) is 2.